The molecule has 0 radical (unpaired) electrons. The summed E-state index contributed by atoms with van der Waals surface area (Å²) in [5.41, 5.74) is 6.05. The molecule has 5 nitrogen and oxygen atoms in total. The number of hydrogen-bond acceptors (Lipinski definition) is 3. The van der Waals surface area contributed by atoms with E-state index in [1.807, 2.05) is 0 Å². The number of anilines is 1. The van der Waals surface area contributed by atoms with Gasteiger partial charge in [-0.1, -0.05) is 0 Å². The van der Waals surface area contributed by atoms with Crippen LogP contribution in [-0.4, -0.2) is 34.7 Å². The van der Waals surface area contributed by atoms with Gasteiger partial charge in [0.05, 0.1) is 29.1 Å². The molecule has 1 fully saturated rings. The van der Waals surface area contributed by atoms with Gasteiger partial charge < -0.3 is 15.2 Å². The molecule has 24 heavy (non-hydrogen) atoms. The Morgan fingerprint density at radius 2 is 2.00 bits per heavy atom. The van der Waals surface area contributed by atoms with Crippen LogP contribution in [0.3, 0.4) is 0 Å². The van der Waals surface area contributed by atoms with Crippen LogP contribution in [0.4, 0.5) is 23.2 Å². The van der Waals surface area contributed by atoms with Crippen molar-refractivity contribution in [2.45, 2.75) is 6.18 Å². The van der Waals surface area contributed by atoms with E-state index >= 15 is 0 Å². The Labute approximate surface area is 134 Å². The van der Waals surface area contributed by atoms with Gasteiger partial charge in [-0.25, -0.2) is 9.37 Å². The van der Waals surface area contributed by atoms with Crippen molar-refractivity contribution < 1.29 is 22.4 Å². The average molecular weight is 342 g/mol. The SMILES string of the molecule is Cn1cc(C(N)=O)cc1-c1ncc(N2CC(C(F)(F)F)C2)cc1F. The molecule has 2 aromatic heterocycles. The van der Waals surface area contributed by atoms with Crippen molar-refractivity contribution in [2.24, 2.45) is 18.7 Å². The number of hydrogen-bond donors (Lipinski definition) is 1. The first-order chi connectivity index (χ1) is 11.2. The minimum absolute atomic E-state index is 0.00152. The molecule has 2 N–H and O–H groups in total. The number of rotatable bonds is 3. The molecule has 1 aliphatic heterocycles. The lowest BCUT2D eigenvalue weighted by molar-refractivity contribution is -0.180. The van der Waals surface area contributed by atoms with Crippen LogP contribution in [-0.2, 0) is 7.05 Å². The Morgan fingerprint density at radius 1 is 1.33 bits per heavy atom. The third kappa shape index (κ3) is 2.81. The van der Waals surface area contributed by atoms with Gasteiger partial charge in [0.2, 0.25) is 5.91 Å². The molecule has 9 heteroatoms. The number of alkyl halides is 3. The Morgan fingerprint density at radius 3 is 2.50 bits per heavy atom. The highest BCUT2D eigenvalue weighted by Crippen LogP contribution is 2.36. The van der Waals surface area contributed by atoms with Gasteiger partial charge in [-0.3, -0.25) is 4.79 Å². The van der Waals surface area contributed by atoms with E-state index in [0.717, 1.165) is 6.07 Å². The summed E-state index contributed by atoms with van der Waals surface area (Å²) in [6.45, 7) is -0.417. The molecule has 128 valence electrons. The number of pyridine rings is 1. The molecule has 0 aromatic carbocycles. The molecular weight excluding hydrogens is 328 g/mol. The molecule has 2 aromatic rings. The summed E-state index contributed by atoms with van der Waals surface area (Å²) < 4.78 is 53.4. The van der Waals surface area contributed by atoms with Gasteiger partial charge in [-0.2, -0.15) is 13.2 Å². The molecule has 3 heterocycles. The van der Waals surface area contributed by atoms with E-state index in [2.05, 4.69) is 4.98 Å². The molecular formula is C15H14F4N4O. The summed E-state index contributed by atoms with van der Waals surface area (Å²) in [6, 6.07) is 2.56. The molecule has 1 aliphatic rings. The van der Waals surface area contributed by atoms with Crippen LogP contribution in [0.5, 0.6) is 0 Å². The Kier molecular flexibility index (Phi) is 3.73. The average Bonchev–Trinajstić information content (AvgIpc) is 2.78. The van der Waals surface area contributed by atoms with E-state index in [9.17, 15) is 22.4 Å². The van der Waals surface area contributed by atoms with Crippen molar-refractivity contribution >= 4 is 11.6 Å². The van der Waals surface area contributed by atoms with Crippen molar-refractivity contribution in [3.8, 4) is 11.4 Å². The van der Waals surface area contributed by atoms with Crippen molar-refractivity contribution in [2.75, 3.05) is 18.0 Å². The number of nitrogens with zero attached hydrogens (tertiary/aromatic N) is 3. The monoisotopic (exact) mass is 342 g/mol. The highest BCUT2D eigenvalue weighted by molar-refractivity contribution is 5.94. The largest absolute Gasteiger partial charge is 0.395 e. The van der Waals surface area contributed by atoms with Crippen LogP contribution in [0.2, 0.25) is 0 Å². The zero-order chi connectivity index (χ0) is 17.6. The fraction of sp³-hybridized carbons (Fsp3) is 0.333. The molecule has 0 unspecified atom stereocenters. The van der Waals surface area contributed by atoms with Crippen molar-refractivity contribution in [1.82, 2.24) is 9.55 Å². The summed E-state index contributed by atoms with van der Waals surface area (Å²) in [5.74, 6) is -2.72. The van der Waals surface area contributed by atoms with E-state index in [4.69, 9.17) is 5.73 Å². The topological polar surface area (TPSA) is 64.1 Å². The Hall–Kier alpha value is -2.58. The number of aryl methyl sites for hydroxylation is 1. The Balaban J connectivity index is 1.83. The first-order valence-corrected chi connectivity index (χ1v) is 7.10. The molecule has 0 atom stereocenters. The third-order valence-electron chi connectivity index (χ3n) is 4.07. The summed E-state index contributed by atoms with van der Waals surface area (Å²) in [7, 11) is 1.61. The van der Waals surface area contributed by atoms with Gasteiger partial charge in [-0.15, -0.1) is 0 Å². The van der Waals surface area contributed by atoms with Crippen LogP contribution in [0.25, 0.3) is 11.4 Å². The maximum Gasteiger partial charge on any atom is 0.395 e. The number of halogens is 4. The van der Waals surface area contributed by atoms with Gasteiger partial charge >= 0.3 is 6.18 Å². The third-order valence-corrected chi connectivity index (χ3v) is 4.07. The number of carbonyl (C=O) groups is 1. The van der Waals surface area contributed by atoms with Crippen LogP contribution in [0.15, 0.2) is 24.5 Å². The minimum Gasteiger partial charge on any atom is -0.369 e. The minimum atomic E-state index is -4.24. The zero-order valence-corrected chi connectivity index (χ0v) is 12.6. The van der Waals surface area contributed by atoms with Crippen LogP contribution >= 0.6 is 0 Å². The number of nitrogens with two attached hydrogens (primary N) is 1. The van der Waals surface area contributed by atoms with Crippen LogP contribution in [0, 0.1) is 11.7 Å². The smallest absolute Gasteiger partial charge is 0.369 e. The summed E-state index contributed by atoms with van der Waals surface area (Å²) in [5, 5.41) is 0. The number of carbonyl (C=O) groups excluding carboxylic acids is 1. The maximum atomic E-state index is 14.3. The number of amides is 1. The lowest BCUT2D eigenvalue weighted by Crippen LogP contribution is -2.53. The van der Waals surface area contributed by atoms with Gasteiger partial charge in [0.25, 0.3) is 0 Å². The van der Waals surface area contributed by atoms with Crippen molar-refractivity contribution in [1.29, 1.82) is 0 Å². The maximum absolute atomic E-state index is 14.3. The van der Waals surface area contributed by atoms with Crippen molar-refractivity contribution in [3.63, 3.8) is 0 Å². The van der Waals surface area contributed by atoms with Gasteiger partial charge in [-0.05, 0) is 6.07 Å². The number of aromatic nitrogens is 2. The van der Waals surface area contributed by atoms with Crippen LogP contribution < -0.4 is 10.6 Å². The molecule has 1 amide bonds. The molecule has 0 bridgehead atoms. The second kappa shape index (κ2) is 5.50. The fourth-order valence-corrected chi connectivity index (χ4v) is 2.62. The Bertz CT molecular complexity index is 793. The highest BCUT2D eigenvalue weighted by atomic mass is 19.4. The van der Waals surface area contributed by atoms with Gasteiger partial charge in [0.1, 0.15) is 5.69 Å². The van der Waals surface area contributed by atoms with Gasteiger partial charge in [0, 0.05) is 32.4 Å². The molecule has 3 rings (SSSR count). The van der Waals surface area contributed by atoms with E-state index < -0.39 is 23.8 Å². The highest BCUT2D eigenvalue weighted by Gasteiger charge is 2.47. The first kappa shape index (κ1) is 16.3. The van der Waals surface area contributed by atoms with E-state index in [1.54, 1.807) is 7.05 Å². The zero-order valence-electron chi connectivity index (χ0n) is 12.6. The first-order valence-electron chi connectivity index (χ1n) is 7.10. The standard InChI is InChI=1S/C15H14F4N4O/c1-22-5-8(14(20)24)2-12(22)13-11(16)3-10(4-21-13)23-6-9(7-23)15(17,18)19/h2-5,9H,6-7H2,1H3,(H2,20,24). The molecule has 0 spiro atoms. The lowest BCUT2D eigenvalue weighted by atomic mass is 9.99. The second-order valence-electron chi connectivity index (χ2n) is 5.76. The lowest BCUT2D eigenvalue weighted by Gasteiger charge is -2.41. The summed E-state index contributed by atoms with van der Waals surface area (Å²) >= 11 is 0. The normalized spacial score (nSPS) is 15.5. The predicted octanol–water partition coefficient (Wildman–Crippen LogP) is 2.32. The summed E-state index contributed by atoms with van der Waals surface area (Å²) in [6.07, 6.45) is -1.46. The van der Waals surface area contributed by atoms with Crippen molar-refractivity contribution in [3.05, 3.63) is 35.9 Å². The summed E-state index contributed by atoms with van der Waals surface area (Å²) in [4.78, 5) is 16.6. The van der Waals surface area contributed by atoms with Gasteiger partial charge in [0.15, 0.2) is 5.82 Å². The van der Waals surface area contributed by atoms with E-state index in [1.165, 1.54) is 27.9 Å². The second-order valence-corrected chi connectivity index (χ2v) is 5.76. The number of primary amides is 1. The van der Waals surface area contributed by atoms with E-state index in [-0.39, 0.29) is 24.3 Å². The fourth-order valence-electron chi connectivity index (χ4n) is 2.62. The molecule has 0 saturated carbocycles. The quantitative estimate of drug-likeness (QED) is 0.871. The molecule has 1 saturated heterocycles. The van der Waals surface area contributed by atoms with E-state index in [0.29, 0.717) is 11.4 Å². The predicted molar refractivity (Wildman–Crippen MR) is 78.9 cm³/mol. The molecule has 0 aliphatic carbocycles. The van der Waals surface area contributed by atoms with Crippen LogP contribution in [0.1, 0.15) is 10.4 Å².